The van der Waals surface area contributed by atoms with Crippen LogP contribution < -0.4 is 0 Å². The molecule has 4 nitrogen and oxygen atoms in total. The zero-order chi connectivity index (χ0) is 12.2. The summed E-state index contributed by atoms with van der Waals surface area (Å²) in [5, 5.41) is 9.35. The fourth-order valence-electron chi connectivity index (χ4n) is 2.08. The maximum atomic E-state index is 11.9. The van der Waals surface area contributed by atoms with Gasteiger partial charge < -0.3 is 9.52 Å². The summed E-state index contributed by atoms with van der Waals surface area (Å²) in [6.45, 7) is 1.72. The molecule has 0 atom stereocenters. The van der Waals surface area contributed by atoms with Crippen LogP contribution in [0.1, 0.15) is 26.3 Å². The number of aromatic hydroxyl groups is 1. The van der Waals surface area contributed by atoms with Gasteiger partial charge in [0.2, 0.25) is 11.6 Å². The molecule has 1 N–H and O–H groups in total. The average Bonchev–Trinajstić information content (AvgIpc) is 2.68. The molecule has 0 spiro atoms. The molecule has 1 aromatic carbocycles. The number of hydrogen-bond donors (Lipinski definition) is 1. The standard InChI is InChI=1S/C13H8O4/c1-6-5-17-13-8-3-2-7(14)4-9(8)11(15)12(16)10(6)13/h2-5,14H,1H3. The molecule has 17 heavy (non-hydrogen) atoms. The minimum Gasteiger partial charge on any atom is -0.508 e. The molecule has 0 fully saturated rings. The highest BCUT2D eigenvalue weighted by Crippen LogP contribution is 2.37. The first kappa shape index (κ1) is 9.84. The maximum Gasteiger partial charge on any atom is 0.237 e. The first-order chi connectivity index (χ1) is 8.09. The third-order valence-electron chi connectivity index (χ3n) is 2.90. The quantitative estimate of drug-likeness (QED) is 0.703. The molecule has 0 saturated carbocycles. The third kappa shape index (κ3) is 1.18. The van der Waals surface area contributed by atoms with Crippen LogP contribution in [0.5, 0.6) is 5.75 Å². The van der Waals surface area contributed by atoms with Crippen LogP contribution in [0.15, 0.2) is 28.9 Å². The first-order valence-corrected chi connectivity index (χ1v) is 5.10. The van der Waals surface area contributed by atoms with Gasteiger partial charge in [-0.2, -0.15) is 0 Å². The third-order valence-corrected chi connectivity index (χ3v) is 2.90. The van der Waals surface area contributed by atoms with Gasteiger partial charge in [0.1, 0.15) is 11.5 Å². The molecule has 0 amide bonds. The van der Waals surface area contributed by atoms with Crippen molar-refractivity contribution in [2.24, 2.45) is 0 Å². The van der Waals surface area contributed by atoms with E-state index in [0.29, 0.717) is 22.5 Å². The summed E-state index contributed by atoms with van der Waals surface area (Å²) < 4.78 is 5.32. The second-order valence-corrected chi connectivity index (χ2v) is 4.01. The summed E-state index contributed by atoms with van der Waals surface area (Å²) in [5.41, 5.74) is 1.72. The van der Waals surface area contributed by atoms with Gasteiger partial charge in [-0.05, 0) is 30.7 Å². The molecule has 4 heteroatoms. The minimum atomic E-state index is -0.604. The molecule has 0 saturated heterocycles. The molecule has 2 aromatic rings. The molecule has 0 aliphatic heterocycles. The van der Waals surface area contributed by atoms with Gasteiger partial charge in [-0.1, -0.05) is 0 Å². The summed E-state index contributed by atoms with van der Waals surface area (Å²) in [6, 6.07) is 4.33. The van der Waals surface area contributed by atoms with Gasteiger partial charge in [-0.15, -0.1) is 0 Å². The van der Waals surface area contributed by atoms with Crippen molar-refractivity contribution in [2.75, 3.05) is 0 Å². The molecule has 0 unspecified atom stereocenters. The van der Waals surface area contributed by atoms with Crippen LogP contribution in [-0.2, 0) is 0 Å². The van der Waals surface area contributed by atoms with Gasteiger partial charge >= 0.3 is 0 Å². The van der Waals surface area contributed by atoms with Crippen LogP contribution in [0.3, 0.4) is 0 Å². The van der Waals surface area contributed by atoms with Crippen LogP contribution in [0.4, 0.5) is 0 Å². The lowest BCUT2D eigenvalue weighted by Gasteiger charge is -2.13. The van der Waals surface area contributed by atoms with Crippen molar-refractivity contribution in [1.29, 1.82) is 0 Å². The van der Waals surface area contributed by atoms with Crippen molar-refractivity contribution >= 4 is 11.6 Å². The second-order valence-electron chi connectivity index (χ2n) is 4.01. The summed E-state index contributed by atoms with van der Waals surface area (Å²) in [5.74, 6) is -0.823. The van der Waals surface area contributed by atoms with Crippen molar-refractivity contribution in [3.63, 3.8) is 0 Å². The fraction of sp³-hybridized carbons (Fsp3) is 0.0769. The molecular weight excluding hydrogens is 220 g/mol. The highest BCUT2D eigenvalue weighted by Gasteiger charge is 2.34. The number of fused-ring (bicyclic) bond motifs is 3. The number of phenolic OH excluding ortho intramolecular Hbond substituents is 1. The van der Waals surface area contributed by atoms with Crippen molar-refractivity contribution < 1.29 is 19.1 Å². The Hall–Kier alpha value is -2.36. The summed E-state index contributed by atoms with van der Waals surface area (Å²) in [4.78, 5) is 23.8. The number of ketones is 2. The van der Waals surface area contributed by atoms with E-state index >= 15 is 0 Å². The lowest BCUT2D eigenvalue weighted by Crippen LogP contribution is -2.20. The smallest absolute Gasteiger partial charge is 0.237 e. The van der Waals surface area contributed by atoms with Crippen LogP contribution in [0.25, 0.3) is 11.3 Å². The Morgan fingerprint density at radius 2 is 1.88 bits per heavy atom. The van der Waals surface area contributed by atoms with E-state index in [2.05, 4.69) is 0 Å². The monoisotopic (exact) mass is 228 g/mol. The molecule has 0 bridgehead atoms. The Bertz CT molecular complexity index is 664. The van der Waals surface area contributed by atoms with Gasteiger partial charge in [0, 0.05) is 11.1 Å². The number of aryl methyl sites for hydroxylation is 1. The Labute approximate surface area is 96.5 Å². The van der Waals surface area contributed by atoms with E-state index in [1.54, 1.807) is 13.0 Å². The topological polar surface area (TPSA) is 67.5 Å². The average molecular weight is 228 g/mol. The van der Waals surface area contributed by atoms with Crippen molar-refractivity contribution in [1.82, 2.24) is 0 Å². The highest BCUT2D eigenvalue weighted by molar-refractivity contribution is 6.53. The van der Waals surface area contributed by atoms with Gasteiger partial charge in [-0.25, -0.2) is 0 Å². The normalized spacial score (nSPS) is 13.5. The number of benzene rings is 1. The van der Waals surface area contributed by atoms with Crippen molar-refractivity contribution in [2.45, 2.75) is 6.92 Å². The fourth-order valence-corrected chi connectivity index (χ4v) is 2.08. The molecule has 1 heterocycles. The number of hydrogen-bond acceptors (Lipinski definition) is 4. The number of furan rings is 1. The molecule has 84 valence electrons. The van der Waals surface area contributed by atoms with Crippen LogP contribution in [-0.4, -0.2) is 16.7 Å². The summed E-state index contributed by atoms with van der Waals surface area (Å²) >= 11 is 0. The maximum absolute atomic E-state index is 11.9. The van der Waals surface area contributed by atoms with Crippen LogP contribution in [0, 0.1) is 6.92 Å². The molecule has 1 aliphatic rings. The number of phenols is 1. The van der Waals surface area contributed by atoms with Crippen LogP contribution >= 0.6 is 0 Å². The number of Topliss-reactive ketones (excluding diaryl/α,β-unsaturated/α-hetero) is 2. The van der Waals surface area contributed by atoms with E-state index in [1.165, 1.54) is 18.4 Å². The van der Waals surface area contributed by atoms with E-state index in [1.807, 2.05) is 0 Å². The molecule has 3 rings (SSSR count). The second kappa shape index (κ2) is 3.07. The predicted molar refractivity (Wildman–Crippen MR) is 59.2 cm³/mol. The number of rotatable bonds is 0. The lowest BCUT2D eigenvalue weighted by atomic mass is 9.87. The zero-order valence-corrected chi connectivity index (χ0v) is 8.98. The molecule has 1 aliphatic carbocycles. The Morgan fingerprint density at radius 3 is 2.65 bits per heavy atom. The van der Waals surface area contributed by atoms with Crippen LogP contribution in [0.2, 0.25) is 0 Å². The van der Waals surface area contributed by atoms with Crippen molar-refractivity contribution in [3.05, 3.63) is 41.2 Å². The number of carbonyl (C=O) groups is 2. The van der Waals surface area contributed by atoms with E-state index < -0.39 is 11.6 Å². The largest absolute Gasteiger partial charge is 0.508 e. The zero-order valence-electron chi connectivity index (χ0n) is 8.98. The number of carbonyl (C=O) groups excluding carboxylic acids is 2. The van der Waals surface area contributed by atoms with E-state index in [-0.39, 0.29) is 11.3 Å². The van der Waals surface area contributed by atoms with E-state index in [0.717, 1.165) is 0 Å². The van der Waals surface area contributed by atoms with Gasteiger partial charge in [-0.3, -0.25) is 9.59 Å². The Morgan fingerprint density at radius 1 is 1.12 bits per heavy atom. The summed E-state index contributed by atoms with van der Waals surface area (Å²) in [7, 11) is 0. The van der Waals surface area contributed by atoms with E-state index in [9.17, 15) is 14.7 Å². The van der Waals surface area contributed by atoms with Gasteiger partial charge in [0.25, 0.3) is 0 Å². The predicted octanol–water partition coefficient (Wildman–Crippen LogP) is 2.34. The first-order valence-electron chi connectivity index (χ1n) is 5.10. The lowest BCUT2D eigenvalue weighted by molar-refractivity contribution is 0.0814. The summed E-state index contributed by atoms with van der Waals surface area (Å²) in [6.07, 6.45) is 1.46. The van der Waals surface area contributed by atoms with Crippen molar-refractivity contribution in [3.8, 4) is 17.1 Å². The minimum absolute atomic E-state index is 0.0448. The van der Waals surface area contributed by atoms with Gasteiger partial charge in [0.05, 0.1) is 11.8 Å². The Kier molecular flexibility index (Phi) is 1.78. The van der Waals surface area contributed by atoms with Gasteiger partial charge in [0.15, 0.2) is 0 Å². The van der Waals surface area contributed by atoms with E-state index in [4.69, 9.17) is 4.42 Å². The highest BCUT2D eigenvalue weighted by atomic mass is 16.3. The molecular formula is C13H8O4. The molecule has 1 aromatic heterocycles. The SMILES string of the molecule is Cc1coc2c1C(=O)C(=O)c1cc(O)ccc1-2. The molecule has 0 radical (unpaired) electrons. The Balaban J connectivity index is 2.40.